The fraction of sp³-hybridized carbons (Fsp3) is 0.393. The summed E-state index contributed by atoms with van der Waals surface area (Å²) in [6, 6.07) is 3.31. The van der Waals surface area contributed by atoms with Gasteiger partial charge in [-0.3, -0.25) is 4.79 Å². The number of aromatic hydroxyl groups is 1. The maximum atomic E-state index is 13.9. The van der Waals surface area contributed by atoms with Crippen LogP contribution in [0.1, 0.15) is 44.4 Å². The number of hydrogen-bond acceptors (Lipinski definition) is 6. The summed E-state index contributed by atoms with van der Waals surface area (Å²) in [7, 11) is 0. The Morgan fingerprint density at radius 1 is 0.861 bits per heavy atom. The number of fused-ring (bicyclic) bond motifs is 2. The van der Waals surface area contributed by atoms with Gasteiger partial charge in [0.1, 0.15) is 33.8 Å². The Bertz CT molecular complexity index is 1360. The number of halogens is 2. The second-order valence-corrected chi connectivity index (χ2v) is 10.5. The Morgan fingerprint density at radius 3 is 1.86 bits per heavy atom. The van der Waals surface area contributed by atoms with E-state index in [2.05, 4.69) is 31.9 Å². The first-order valence-electron chi connectivity index (χ1n) is 11.8. The average Bonchev–Trinajstić information content (AvgIpc) is 2.83. The van der Waals surface area contributed by atoms with E-state index in [-0.39, 0.29) is 28.8 Å². The molecule has 1 heterocycles. The summed E-state index contributed by atoms with van der Waals surface area (Å²) >= 11 is 6.73. The van der Waals surface area contributed by atoms with E-state index in [1.165, 1.54) is 0 Å². The quantitative estimate of drug-likeness (QED) is 0.140. The van der Waals surface area contributed by atoms with Crippen LogP contribution in [0.15, 0.2) is 44.6 Å². The summed E-state index contributed by atoms with van der Waals surface area (Å²) in [6.45, 7) is 8.37. The van der Waals surface area contributed by atoms with Crippen molar-refractivity contribution in [1.29, 1.82) is 0 Å². The number of ether oxygens (including phenoxy) is 2. The monoisotopic (exact) mass is 622 g/mol. The summed E-state index contributed by atoms with van der Waals surface area (Å²) in [5, 5.41) is 23.2. The molecule has 3 rings (SSSR count). The van der Waals surface area contributed by atoms with Gasteiger partial charge in [-0.25, -0.2) is 0 Å². The lowest BCUT2D eigenvalue weighted by Gasteiger charge is -2.17. The molecule has 0 aliphatic carbocycles. The summed E-state index contributed by atoms with van der Waals surface area (Å²) in [6.07, 6.45) is 4.78. The van der Waals surface area contributed by atoms with Gasteiger partial charge in [-0.05, 0) is 46.1 Å². The van der Waals surface area contributed by atoms with Crippen LogP contribution >= 0.6 is 31.9 Å². The van der Waals surface area contributed by atoms with E-state index < -0.39 is 0 Å². The Hall–Kier alpha value is -2.29. The van der Waals surface area contributed by atoms with E-state index in [4.69, 9.17) is 13.9 Å². The van der Waals surface area contributed by atoms with E-state index in [0.717, 1.165) is 11.1 Å². The largest absolute Gasteiger partial charge is 0.507 e. The van der Waals surface area contributed by atoms with Crippen molar-refractivity contribution >= 4 is 53.8 Å². The lowest BCUT2D eigenvalue weighted by atomic mass is 9.95. The van der Waals surface area contributed by atoms with Gasteiger partial charge in [-0.2, -0.15) is 0 Å². The highest BCUT2D eigenvalue weighted by Gasteiger charge is 2.23. The zero-order valence-corrected chi connectivity index (χ0v) is 24.2. The van der Waals surface area contributed by atoms with Crippen LogP contribution in [0.3, 0.4) is 0 Å². The smallest absolute Gasteiger partial charge is 0.204 e. The molecule has 36 heavy (non-hydrogen) atoms. The Kier molecular flexibility index (Phi) is 10.0. The molecule has 0 amide bonds. The van der Waals surface area contributed by atoms with Gasteiger partial charge >= 0.3 is 0 Å². The molecule has 6 nitrogen and oxygen atoms in total. The normalized spacial score (nSPS) is 11.1. The molecule has 0 saturated carbocycles. The highest BCUT2D eigenvalue weighted by Crippen LogP contribution is 2.39. The van der Waals surface area contributed by atoms with Gasteiger partial charge in [0.05, 0.1) is 25.2 Å². The third kappa shape index (κ3) is 6.15. The number of phenols is 1. The van der Waals surface area contributed by atoms with Gasteiger partial charge < -0.3 is 24.1 Å². The predicted octanol–water partition coefficient (Wildman–Crippen LogP) is 6.71. The van der Waals surface area contributed by atoms with Crippen molar-refractivity contribution in [3.63, 3.8) is 0 Å². The SMILES string of the molecule is CC(C)=CCc1c(OCCBr)cc2oc3cc(OCCBr)c(CO)c(CC=C(C)C)c3c(=O)c2c1O. The molecule has 2 N–H and O–H groups in total. The van der Waals surface area contributed by atoms with Crippen molar-refractivity contribution in [2.45, 2.75) is 47.1 Å². The Balaban J connectivity index is 2.44. The molecule has 3 aromatic rings. The Labute approximate surface area is 227 Å². The maximum Gasteiger partial charge on any atom is 0.204 e. The fourth-order valence-electron chi connectivity index (χ4n) is 4.03. The minimum Gasteiger partial charge on any atom is -0.507 e. The number of aliphatic hydroxyl groups is 1. The number of hydrogen-bond donors (Lipinski definition) is 2. The first-order chi connectivity index (χ1) is 17.2. The molecule has 2 aromatic carbocycles. The van der Waals surface area contributed by atoms with Crippen LogP contribution in [0, 0.1) is 0 Å². The minimum absolute atomic E-state index is 0.0994. The summed E-state index contributed by atoms with van der Waals surface area (Å²) in [4.78, 5) is 13.9. The van der Waals surface area contributed by atoms with E-state index in [1.807, 2.05) is 39.8 Å². The lowest BCUT2D eigenvalue weighted by Crippen LogP contribution is -2.11. The van der Waals surface area contributed by atoms with Gasteiger partial charge in [0.25, 0.3) is 0 Å². The highest BCUT2D eigenvalue weighted by molar-refractivity contribution is 9.09. The predicted molar refractivity (Wildman–Crippen MR) is 152 cm³/mol. The maximum absolute atomic E-state index is 13.9. The van der Waals surface area contributed by atoms with Crippen molar-refractivity contribution in [2.24, 2.45) is 0 Å². The number of rotatable bonds is 11. The second kappa shape index (κ2) is 12.8. The standard InChI is InChI=1S/C28H32Br2O6/c1-16(2)5-7-18-20(15-31)22(35-12-10-30)14-23-25(18)28(33)26-24(36-23)13-21(34-11-9-29)19(27(26)32)8-6-17(3)4/h5-6,13-14,31-32H,7-12,15H2,1-4H3. The van der Waals surface area contributed by atoms with Crippen molar-refractivity contribution in [3.8, 4) is 17.2 Å². The van der Waals surface area contributed by atoms with Crippen molar-refractivity contribution in [1.82, 2.24) is 0 Å². The van der Waals surface area contributed by atoms with Gasteiger partial charge in [0, 0.05) is 33.9 Å². The molecular formula is C28H32Br2O6. The molecule has 0 bridgehead atoms. The van der Waals surface area contributed by atoms with Crippen LogP contribution < -0.4 is 14.9 Å². The van der Waals surface area contributed by atoms with Crippen LogP contribution in [0.2, 0.25) is 0 Å². The third-order valence-electron chi connectivity index (χ3n) is 5.73. The molecule has 0 aliphatic heterocycles. The number of allylic oxidation sites excluding steroid dienone is 4. The topological polar surface area (TPSA) is 89.1 Å². The highest BCUT2D eigenvalue weighted by atomic mass is 79.9. The molecule has 8 heteroatoms. The van der Waals surface area contributed by atoms with Gasteiger partial charge in [0.2, 0.25) is 5.43 Å². The Morgan fingerprint density at radius 2 is 1.36 bits per heavy atom. The molecule has 1 aromatic heterocycles. The van der Waals surface area contributed by atoms with Gasteiger partial charge in [-0.15, -0.1) is 0 Å². The van der Waals surface area contributed by atoms with Crippen LogP contribution in [0.25, 0.3) is 21.9 Å². The molecule has 0 atom stereocenters. The van der Waals surface area contributed by atoms with Crippen LogP contribution in [-0.4, -0.2) is 34.1 Å². The summed E-state index contributed by atoms with van der Waals surface area (Å²) in [5.74, 6) is 0.778. The molecule has 0 fully saturated rings. The summed E-state index contributed by atoms with van der Waals surface area (Å²) in [5.41, 5.74) is 4.05. The molecule has 194 valence electrons. The zero-order valence-electron chi connectivity index (χ0n) is 21.0. The molecule has 0 aliphatic rings. The van der Waals surface area contributed by atoms with E-state index in [1.54, 1.807) is 12.1 Å². The first-order valence-corrected chi connectivity index (χ1v) is 14.0. The van der Waals surface area contributed by atoms with Crippen molar-refractivity contribution in [3.05, 3.63) is 62.3 Å². The lowest BCUT2D eigenvalue weighted by molar-refractivity contribution is 0.267. The number of aliphatic hydroxyl groups excluding tert-OH is 1. The van der Waals surface area contributed by atoms with Crippen LogP contribution in [0.5, 0.6) is 17.2 Å². The summed E-state index contributed by atoms with van der Waals surface area (Å²) < 4.78 is 18.0. The van der Waals surface area contributed by atoms with Crippen molar-refractivity contribution in [2.75, 3.05) is 23.9 Å². The van der Waals surface area contributed by atoms with Gasteiger partial charge in [0.15, 0.2) is 0 Å². The number of benzene rings is 2. The van der Waals surface area contributed by atoms with E-state index in [0.29, 0.717) is 75.9 Å². The van der Waals surface area contributed by atoms with Crippen LogP contribution in [-0.2, 0) is 19.4 Å². The van der Waals surface area contributed by atoms with E-state index in [9.17, 15) is 15.0 Å². The van der Waals surface area contributed by atoms with Crippen LogP contribution in [0.4, 0.5) is 0 Å². The third-order valence-corrected chi connectivity index (χ3v) is 6.38. The second-order valence-electron chi connectivity index (χ2n) is 8.92. The molecule has 0 spiro atoms. The number of alkyl halides is 2. The minimum atomic E-state index is -0.354. The fourth-order valence-corrected chi connectivity index (χ4v) is 4.35. The average molecular weight is 624 g/mol. The molecule has 0 radical (unpaired) electrons. The number of phenolic OH excluding ortho intramolecular Hbond substituents is 1. The molecule has 0 unspecified atom stereocenters. The van der Waals surface area contributed by atoms with E-state index >= 15 is 0 Å². The zero-order chi connectivity index (χ0) is 26.4. The van der Waals surface area contributed by atoms with Gasteiger partial charge in [-0.1, -0.05) is 55.2 Å². The van der Waals surface area contributed by atoms with Crippen molar-refractivity contribution < 1.29 is 24.1 Å². The molecule has 0 saturated heterocycles. The molecular weight excluding hydrogens is 592 g/mol. The first kappa shape index (κ1) is 28.3.